The van der Waals surface area contributed by atoms with Crippen LogP contribution < -0.4 is 0 Å². The third-order valence-electron chi connectivity index (χ3n) is 12.2. The molecule has 0 saturated carbocycles. The second-order valence-electron chi connectivity index (χ2n) is 20.3. The van der Waals surface area contributed by atoms with Crippen molar-refractivity contribution in [3.05, 3.63) is 40.5 Å². The van der Waals surface area contributed by atoms with Crippen molar-refractivity contribution in [3.8, 4) is 5.75 Å². The zero-order valence-corrected chi connectivity index (χ0v) is 41.1. The Morgan fingerprint density at radius 3 is 1.05 bits per heavy atom. The van der Waals surface area contributed by atoms with Crippen molar-refractivity contribution in [2.75, 3.05) is 13.2 Å². The highest BCUT2D eigenvalue weighted by atomic mass is 16.5. The van der Waals surface area contributed by atoms with E-state index in [-0.39, 0.29) is 17.3 Å². The molecule has 0 aliphatic rings. The number of ether oxygens (including phenoxy) is 2. The van der Waals surface area contributed by atoms with Gasteiger partial charge in [0.1, 0.15) is 5.75 Å². The highest BCUT2D eigenvalue weighted by Crippen LogP contribution is 2.40. The van der Waals surface area contributed by atoms with Crippen molar-refractivity contribution in [2.24, 2.45) is 0 Å². The molecule has 5 heteroatoms. The molecule has 0 saturated heterocycles. The molecule has 0 radical (unpaired) electrons. The van der Waals surface area contributed by atoms with E-state index in [4.69, 9.17) is 9.47 Å². The molecule has 5 nitrogen and oxygen atoms in total. The van der Waals surface area contributed by atoms with E-state index < -0.39 is 11.9 Å². The Hall–Kier alpha value is -2.30. The molecule has 0 aromatic heterocycles. The Kier molecular flexibility index (Phi) is 32.7. The van der Waals surface area contributed by atoms with Crippen LogP contribution >= 0.6 is 0 Å². The van der Waals surface area contributed by atoms with Gasteiger partial charge in [0.05, 0.1) is 13.2 Å². The number of benzene rings is 1. The molecule has 0 aliphatic heterocycles. The van der Waals surface area contributed by atoms with Crippen LogP contribution in [0.2, 0.25) is 0 Å². The largest absolute Gasteiger partial charge is 0.507 e. The highest BCUT2D eigenvalue weighted by molar-refractivity contribution is 5.96. The number of phenols is 1. The minimum Gasteiger partial charge on any atom is -0.507 e. The Morgan fingerprint density at radius 1 is 0.467 bits per heavy atom. The first kappa shape index (κ1) is 55.7. The smallest absolute Gasteiger partial charge is 0.334 e. The number of unbranched alkanes of at least 4 members (excludes halogenated alkanes) is 30. The highest BCUT2D eigenvalue weighted by Gasteiger charge is 2.27. The molecule has 0 fully saturated rings. The van der Waals surface area contributed by atoms with Crippen molar-refractivity contribution >= 4 is 11.9 Å². The van der Waals surface area contributed by atoms with Crippen molar-refractivity contribution < 1.29 is 24.2 Å². The summed E-state index contributed by atoms with van der Waals surface area (Å²) < 4.78 is 11.4. The minimum atomic E-state index is -0.490. The van der Waals surface area contributed by atoms with Gasteiger partial charge < -0.3 is 14.6 Å². The summed E-state index contributed by atoms with van der Waals surface area (Å²) in [4.78, 5) is 26.7. The zero-order valence-electron chi connectivity index (χ0n) is 41.1. The maximum atomic E-state index is 13.6. The van der Waals surface area contributed by atoms with Gasteiger partial charge in [-0.25, -0.2) is 9.59 Å². The van der Waals surface area contributed by atoms with Crippen LogP contribution in [0.5, 0.6) is 5.75 Å². The van der Waals surface area contributed by atoms with Gasteiger partial charge in [-0.3, -0.25) is 0 Å². The predicted molar refractivity (Wildman–Crippen MR) is 258 cm³/mol. The van der Waals surface area contributed by atoms with E-state index in [2.05, 4.69) is 55.4 Å². The fourth-order valence-corrected chi connectivity index (χ4v) is 8.26. The number of hydrogen-bond donors (Lipinski definition) is 1. The number of esters is 2. The first-order chi connectivity index (χ1) is 28.8. The SMILES string of the molecule is CCCCCCCCCCCCCCCCCCOC(=O)C=C(Cc1cc(C(C)(C)C)c(O)c(C(C)(C)C)c1)C(=O)OCCCCCCCCCCCCCCCCCC. The molecule has 0 spiro atoms. The molecular formula is C55H98O5. The van der Waals surface area contributed by atoms with Crippen LogP contribution in [-0.4, -0.2) is 30.3 Å². The molecule has 60 heavy (non-hydrogen) atoms. The van der Waals surface area contributed by atoms with Gasteiger partial charge in [0.2, 0.25) is 0 Å². The van der Waals surface area contributed by atoms with E-state index >= 15 is 0 Å². The first-order valence-electron chi connectivity index (χ1n) is 25.7. The third-order valence-corrected chi connectivity index (χ3v) is 12.2. The average Bonchev–Trinajstić information content (AvgIpc) is 3.19. The number of carbonyl (C=O) groups excluding carboxylic acids is 2. The van der Waals surface area contributed by atoms with Gasteiger partial charge in [-0.15, -0.1) is 0 Å². The van der Waals surface area contributed by atoms with E-state index in [1.807, 2.05) is 12.1 Å². The number of phenolic OH excluding ortho intramolecular Hbond substituents is 1. The number of aromatic hydroxyl groups is 1. The lowest BCUT2D eigenvalue weighted by atomic mass is 9.78. The lowest BCUT2D eigenvalue weighted by molar-refractivity contribution is -0.141. The summed E-state index contributed by atoms with van der Waals surface area (Å²) >= 11 is 0. The topological polar surface area (TPSA) is 72.8 Å². The first-order valence-corrected chi connectivity index (χ1v) is 25.7. The Morgan fingerprint density at radius 2 is 0.750 bits per heavy atom. The molecule has 1 aromatic carbocycles. The molecule has 0 aliphatic carbocycles. The van der Waals surface area contributed by atoms with Crippen LogP contribution in [0, 0.1) is 0 Å². The summed E-state index contributed by atoms with van der Waals surface area (Å²) in [6.07, 6.45) is 43.0. The summed E-state index contributed by atoms with van der Waals surface area (Å²) in [5.41, 5.74) is 2.23. The third kappa shape index (κ3) is 29.1. The van der Waals surface area contributed by atoms with Crippen LogP contribution in [-0.2, 0) is 36.3 Å². The summed E-state index contributed by atoms with van der Waals surface area (Å²) in [6, 6.07) is 3.95. The Balaban J connectivity index is 2.56. The fraction of sp³-hybridized carbons (Fsp3) is 0.818. The van der Waals surface area contributed by atoms with Gasteiger partial charge in [0, 0.05) is 18.1 Å². The maximum absolute atomic E-state index is 13.6. The Labute approximate surface area is 372 Å². The molecule has 1 rings (SSSR count). The number of carbonyl (C=O) groups is 2. The van der Waals surface area contributed by atoms with Gasteiger partial charge in [-0.05, 0) is 40.4 Å². The van der Waals surface area contributed by atoms with Gasteiger partial charge in [0.15, 0.2) is 0 Å². The van der Waals surface area contributed by atoms with Crippen molar-refractivity contribution in [2.45, 2.75) is 278 Å². The molecule has 0 amide bonds. The lowest BCUT2D eigenvalue weighted by Gasteiger charge is -2.28. The summed E-state index contributed by atoms with van der Waals surface area (Å²) in [7, 11) is 0. The van der Waals surface area contributed by atoms with Crippen LogP contribution in [0.4, 0.5) is 0 Å². The van der Waals surface area contributed by atoms with Crippen molar-refractivity contribution in [1.82, 2.24) is 0 Å². The molecule has 0 heterocycles. The second kappa shape index (κ2) is 35.2. The fourth-order valence-electron chi connectivity index (χ4n) is 8.26. The van der Waals surface area contributed by atoms with E-state index in [9.17, 15) is 14.7 Å². The van der Waals surface area contributed by atoms with Crippen LogP contribution in [0.1, 0.15) is 278 Å². The van der Waals surface area contributed by atoms with E-state index in [1.165, 1.54) is 173 Å². The minimum absolute atomic E-state index is 0.235. The number of rotatable bonds is 38. The lowest BCUT2D eigenvalue weighted by Crippen LogP contribution is -2.19. The monoisotopic (exact) mass is 839 g/mol. The molecule has 0 unspecified atom stereocenters. The van der Waals surface area contributed by atoms with Crippen molar-refractivity contribution in [1.29, 1.82) is 0 Å². The molecule has 348 valence electrons. The molecule has 0 bridgehead atoms. The van der Waals surface area contributed by atoms with E-state index in [0.29, 0.717) is 24.5 Å². The van der Waals surface area contributed by atoms with Gasteiger partial charge >= 0.3 is 11.9 Å². The summed E-state index contributed by atoms with van der Waals surface area (Å²) in [5, 5.41) is 11.3. The zero-order chi connectivity index (χ0) is 44.3. The van der Waals surface area contributed by atoms with E-state index in [0.717, 1.165) is 55.2 Å². The second-order valence-corrected chi connectivity index (χ2v) is 20.3. The Bertz CT molecular complexity index is 1210. The average molecular weight is 839 g/mol. The maximum Gasteiger partial charge on any atom is 0.334 e. The van der Waals surface area contributed by atoms with Crippen LogP contribution in [0.3, 0.4) is 0 Å². The standard InChI is InChI=1S/C55H98O5/c1-9-11-13-15-17-19-21-23-25-27-29-31-33-35-37-39-41-59-51(56)46-48(43-47-44-49(54(3,4)5)52(57)50(45-47)55(6,7)8)53(58)60-42-40-38-36-34-32-30-28-26-24-22-20-18-16-14-12-10-2/h44-46,57H,9-43H2,1-8H3. The molecule has 1 aromatic rings. The van der Waals surface area contributed by atoms with Gasteiger partial charge in [-0.2, -0.15) is 0 Å². The molecule has 1 N–H and O–H groups in total. The molecular weight excluding hydrogens is 741 g/mol. The summed E-state index contributed by atoms with van der Waals surface area (Å²) in [6.45, 7) is 17.7. The van der Waals surface area contributed by atoms with Crippen LogP contribution in [0.25, 0.3) is 0 Å². The van der Waals surface area contributed by atoms with Gasteiger partial charge in [0.25, 0.3) is 0 Å². The normalized spacial score (nSPS) is 12.3. The van der Waals surface area contributed by atoms with Crippen LogP contribution in [0.15, 0.2) is 23.8 Å². The molecule has 0 atom stereocenters. The van der Waals surface area contributed by atoms with E-state index in [1.54, 1.807) is 0 Å². The van der Waals surface area contributed by atoms with Gasteiger partial charge in [-0.1, -0.05) is 260 Å². The summed E-state index contributed by atoms with van der Waals surface area (Å²) in [5.74, 6) is -0.650. The quantitative estimate of drug-likeness (QED) is 0.0408. The predicted octanol–water partition coefficient (Wildman–Crippen LogP) is 17.1. The van der Waals surface area contributed by atoms with Crippen molar-refractivity contribution in [3.63, 3.8) is 0 Å². The number of hydrogen-bond acceptors (Lipinski definition) is 5.